The second kappa shape index (κ2) is 10.2. The molecule has 0 aliphatic rings. The van der Waals surface area contributed by atoms with Gasteiger partial charge < -0.3 is 20.1 Å². The largest absolute Gasteiger partial charge is 0.484 e. The summed E-state index contributed by atoms with van der Waals surface area (Å²) < 4.78 is 5.53. The molecule has 0 heterocycles. The first-order valence-corrected chi connectivity index (χ1v) is 8.51. The van der Waals surface area contributed by atoms with E-state index in [1.165, 1.54) is 4.90 Å². The van der Waals surface area contributed by atoms with Crippen LogP contribution in [0.2, 0.25) is 0 Å². The number of amides is 2. The van der Waals surface area contributed by atoms with E-state index in [4.69, 9.17) is 9.84 Å². The first-order chi connectivity index (χ1) is 12.6. The topological polar surface area (TPSA) is 78.9 Å². The molecule has 0 aromatic heterocycles. The summed E-state index contributed by atoms with van der Waals surface area (Å²) in [5, 5.41) is 11.5. The maximum atomic E-state index is 12.7. The lowest BCUT2D eigenvalue weighted by molar-refractivity contribution is -0.142. The number of rotatable bonds is 9. The van der Waals surface area contributed by atoms with Crippen molar-refractivity contribution in [1.29, 1.82) is 0 Å². The van der Waals surface area contributed by atoms with Crippen LogP contribution in [0.15, 0.2) is 60.7 Å². The van der Waals surface area contributed by atoms with Crippen LogP contribution in [0.3, 0.4) is 0 Å². The van der Waals surface area contributed by atoms with Crippen LogP contribution in [-0.2, 0) is 16.1 Å². The van der Waals surface area contributed by atoms with E-state index in [1.807, 2.05) is 48.5 Å². The zero-order valence-corrected chi connectivity index (χ0v) is 14.8. The summed E-state index contributed by atoms with van der Waals surface area (Å²) in [4.78, 5) is 26.4. The smallest absolute Gasteiger partial charge is 0.261 e. The van der Waals surface area contributed by atoms with Gasteiger partial charge in [0.1, 0.15) is 11.8 Å². The summed E-state index contributed by atoms with van der Waals surface area (Å²) >= 11 is 0. The van der Waals surface area contributed by atoms with Gasteiger partial charge in [0.15, 0.2) is 6.61 Å². The molecule has 1 atom stereocenters. The van der Waals surface area contributed by atoms with Crippen LogP contribution in [-0.4, -0.2) is 47.6 Å². The Morgan fingerprint density at radius 1 is 1.08 bits per heavy atom. The molecule has 1 unspecified atom stereocenters. The summed E-state index contributed by atoms with van der Waals surface area (Å²) in [6.07, 6.45) is 0. The minimum absolute atomic E-state index is 0.150. The molecule has 0 aliphatic heterocycles. The molecule has 6 heteroatoms. The summed E-state index contributed by atoms with van der Waals surface area (Å²) in [6, 6.07) is 17.8. The molecule has 0 saturated heterocycles. The Bertz CT molecular complexity index is 691. The number of carbonyl (C=O) groups is 2. The number of nitrogens with zero attached hydrogens (tertiary/aromatic N) is 1. The quantitative estimate of drug-likeness (QED) is 0.715. The lowest BCUT2D eigenvalue weighted by atomic mass is 10.1. The number of benzene rings is 2. The van der Waals surface area contributed by atoms with E-state index >= 15 is 0 Å². The fourth-order valence-electron chi connectivity index (χ4n) is 2.43. The number of hydrogen-bond acceptors (Lipinski definition) is 4. The fourth-order valence-corrected chi connectivity index (χ4v) is 2.43. The summed E-state index contributed by atoms with van der Waals surface area (Å²) in [6.45, 7) is 1.80. The Kier molecular flexibility index (Phi) is 7.64. The third-order valence-electron chi connectivity index (χ3n) is 3.88. The Balaban J connectivity index is 2.07. The van der Waals surface area contributed by atoms with Crippen LogP contribution in [0.4, 0.5) is 0 Å². The van der Waals surface area contributed by atoms with Crippen molar-refractivity contribution in [3.05, 3.63) is 66.2 Å². The average molecular weight is 356 g/mol. The van der Waals surface area contributed by atoms with Gasteiger partial charge in [-0.1, -0.05) is 48.5 Å². The van der Waals surface area contributed by atoms with E-state index in [0.717, 1.165) is 5.56 Å². The third-order valence-corrected chi connectivity index (χ3v) is 3.88. The van der Waals surface area contributed by atoms with Crippen molar-refractivity contribution in [2.75, 3.05) is 19.8 Å². The van der Waals surface area contributed by atoms with Crippen molar-refractivity contribution < 1.29 is 19.4 Å². The van der Waals surface area contributed by atoms with Gasteiger partial charge in [-0.15, -0.1) is 0 Å². The van der Waals surface area contributed by atoms with Crippen LogP contribution in [0, 0.1) is 0 Å². The van der Waals surface area contributed by atoms with Gasteiger partial charge in [-0.2, -0.15) is 0 Å². The number of carbonyl (C=O) groups excluding carboxylic acids is 2. The Hall–Kier alpha value is -2.86. The molecular formula is C20H24N2O4. The monoisotopic (exact) mass is 356 g/mol. The minimum atomic E-state index is -0.686. The van der Waals surface area contributed by atoms with Gasteiger partial charge >= 0.3 is 0 Å². The zero-order chi connectivity index (χ0) is 18.8. The predicted octanol–water partition coefficient (Wildman–Crippen LogP) is 1.59. The standard InChI is InChI=1S/C20H24N2O4/c1-16(20(25)21-12-13-23)22(14-17-8-4-2-5-9-17)19(24)15-26-18-10-6-3-7-11-18/h2-11,16,23H,12-15H2,1H3,(H,21,25). The Morgan fingerprint density at radius 2 is 1.69 bits per heavy atom. The lowest BCUT2D eigenvalue weighted by Gasteiger charge is -2.28. The highest BCUT2D eigenvalue weighted by Crippen LogP contribution is 2.12. The van der Waals surface area contributed by atoms with Crippen LogP contribution in [0.25, 0.3) is 0 Å². The highest BCUT2D eigenvalue weighted by Gasteiger charge is 2.26. The number of aliphatic hydroxyl groups is 1. The van der Waals surface area contributed by atoms with Crippen molar-refractivity contribution in [2.24, 2.45) is 0 Å². The van der Waals surface area contributed by atoms with Gasteiger partial charge in [0.05, 0.1) is 6.61 Å². The molecule has 6 nitrogen and oxygen atoms in total. The highest BCUT2D eigenvalue weighted by molar-refractivity contribution is 5.87. The minimum Gasteiger partial charge on any atom is -0.484 e. The van der Waals surface area contributed by atoms with Gasteiger partial charge in [0.25, 0.3) is 5.91 Å². The molecular weight excluding hydrogens is 332 g/mol. The van der Waals surface area contributed by atoms with Crippen LogP contribution >= 0.6 is 0 Å². The maximum absolute atomic E-state index is 12.7. The van der Waals surface area contributed by atoms with E-state index < -0.39 is 6.04 Å². The molecule has 2 rings (SSSR count). The van der Waals surface area contributed by atoms with E-state index in [2.05, 4.69) is 5.32 Å². The average Bonchev–Trinajstić information content (AvgIpc) is 2.69. The molecule has 0 aliphatic carbocycles. The van der Waals surface area contributed by atoms with E-state index in [9.17, 15) is 9.59 Å². The molecule has 2 N–H and O–H groups in total. The number of nitrogens with one attached hydrogen (secondary N) is 1. The molecule has 2 amide bonds. The van der Waals surface area contributed by atoms with Crippen LogP contribution in [0.5, 0.6) is 5.75 Å². The van der Waals surface area contributed by atoms with Gasteiger partial charge in [0, 0.05) is 13.1 Å². The fraction of sp³-hybridized carbons (Fsp3) is 0.300. The van der Waals surface area contributed by atoms with Crippen molar-refractivity contribution in [2.45, 2.75) is 19.5 Å². The van der Waals surface area contributed by atoms with E-state index in [1.54, 1.807) is 19.1 Å². The number of ether oxygens (including phenoxy) is 1. The number of hydrogen-bond donors (Lipinski definition) is 2. The molecule has 0 fully saturated rings. The molecule has 0 spiro atoms. The van der Waals surface area contributed by atoms with Crippen molar-refractivity contribution in [3.63, 3.8) is 0 Å². The third kappa shape index (κ3) is 5.89. The molecule has 26 heavy (non-hydrogen) atoms. The Morgan fingerprint density at radius 3 is 2.31 bits per heavy atom. The highest BCUT2D eigenvalue weighted by atomic mass is 16.5. The summed E-state index contributed by atoms with van der Waals surface area (Å²) in [5.74, 6) is -0.00899. The van der Waals surface area contributed by atoms with Gasteiger partial charge in [-0.3, -0.25) is 9.59 Å². The van der Waals surface area contributed by atoms with E-state index in [-0.39, 0.29) is 31.6 Å². The molecule has 0 saturated carbocycles. The normalized spacial score (nSPS) is 11.5. The number of para-hydroxylation sites is 1. The summed E-state index contributed by atoms with van der Waals surface area (Å²) in [7, 11) is 0. The molecule has 2 aromatic rings. The second-order valence-corrected chi connectivity index (χ2v) is 5.80. The van der Waals surface area contributed by atoms with E-state index in [0.29, 0.717) is 12.3 Å². The van der Waals surface area contributed by atoms with Crippen molar-refractivity contribution >= 4 is 11.8 Å². The lowest BCUT2D eigenvalue weighted by Crippen LogP contribution is -2.49. The molecule has 0 radical (unpaired) electrons. The van der Waals surface area contributed by atoms with Gasteiger partial charge in [-0.25, -0.2) is 0 Å². The van der Waals surface area contributed by atoms with Gasteiger partial charge in [0.2, 0.25) is 5.91 Å². The zero-order valence-electron chi connectivity index (χ0n) is 14.8. The molecule has 2 aromatic carbocycles. The van der Waals surface area contributed by atoms with Crippen LogP contribution in [0.1, 0.15) is 12.5 Å². The predicted molar refractivity (Wildman–Crippen MR) is 98.5 cm³/mol. The SMILES string of the molecule is CC(C(=O)NCCO)N(Cc1ccccc1)C(=O)COc1ccccc1. The second-order valence-electron chi connectivity index (χ2n) is 5.80. The number of aliphatic hydroxyl groups excluding tert-OH is 1. The maximum Gasteiger partial charge on any atom is 0.261 e. The first kappa shape index (κ1) is 19.5. The Labute approximate surface area is 153 Å². The van der Waals surface area contributed by atoms with Crippen molar-refractivity contribution in [3.8, 4) is 5.75 Å². The van der Waals surface area contributed by atoms with Crippen LogP contribution < -0.4 is 10.1 Å². The van der Waals surface area contributed by atoms with Gasteiger partial charge in [-0.05, 0) is 24.6 Å². The van der Waals surface area contributed by atoms with Crippen molar-refractivity contribution in [1.82, 2.24) is 10.2 Å². The molecule has 138 valence electrons. The first-order valence-electron chi connectivity index (χ1n) is 8.51. The summed E-state index contributed by atoms with van der Waals surface area (Å²) in [5.41, 5.74) is 0.919. The molecule has 0 bridgehead atoms.